The molecule has 0 radical (unpaired) electrons. The van der Waals surface area contributed by atoms with Crippen LogP contribution in [0.2, 0.25) is 0 Å². The molecule has 0 saturated carbocycles. The Morgan fingerprint density at radius 1 is 1.02 bits per heavy atom. The number of ether oxygens (including phenoxy) is 2. The molecule has 13 nitrogen and oxygen atoms in total. The highest BCUT2D eigenvalue weighted by Crippen LogP contribution is 2.33. The first-order valence-corrected chi connectivity index (χ1v) is 15.4. The first-order chi connectivity index (χ1) is 21.1. The number of fused-ring (bicyclic) bond motifs is 1. The summed E-state index contributed by atoms with van der Waals surface area (Å²) in [4.78, 5) is 30.6. The summed E-state index contributed by atoms with van der Waals surface area (Å²) in [6.07, 6.45) is 1.56. The Morgan fingerprint density at radius 3 is 2.51 bits per heavy atom. The van der Waals surface area contributed by atoms with Crippen molar-refractivity contribution in [2.24, 2.45) is 0 Å². The first kappa shape index (κ1) is 29.2. The SMILES string of the molecule is CN(CCN1CCN(c2ccc(OCCN3CCOCC3)cc2)CC1)c1nc(N)n2nc(-c3ccco3)nc2c1SC=O. The molecule has 6 rings (SSSR count). The van der Waals surface area contributed by atoms with Crippen molar-refractivity contribution in [1.82, 2.24) is 29.4 Å². The van der Waals surface area contributed by atoms with Crippen molar-refractivity contribution >= 4 is 40.5 Å². The largest absolute Gasteiger partial charge is 0.492 e. The van der Waals surface area contributed by atoms with Crippen LogP contribution in [0.1, 0.15) is 0 Å². The number of carbonyl (C=O) groups excluding carboxylic acids is 1. The van der Waals surface area contributed by atoms with Gasteiger partial charge in [-0.1, -0.05) is 0 Å². The Bertz CT molecular complexity index is 1480. The van der Waals surface area contributed by atoms with Gasteiger partial charge in [-0.3, -0.25) is 14.6 Å². The first-order valence-electron chi connectivity index (χ1n) is 14.5. The van der Waals surface area contributed by atoms with Gasteiger partial charge in [0.2, 0.25) is 11.8 Å². The number of likely N-dealkylation sites (N-methyl/N-ethyl adjacent to an activating group) is 1. The van der Waals surface area contributed by atoms with Crippen molar-refractivity contribution in [3.05, 3.63) is 42.7 Å². The third-order valence-electron chi connectivity index (χ3n) is 7.83. The van der Waals surface area contributed by atoms with E-state index in [4.69, 9.17) is 19.6 Å². The van der Waals surface area contributed by atoms with Crippen LogP contribution >= 0.6 is 11.8 Å². The summed E-state index contributed by atoms with van der Waals surface area (Å²) < 4.78 is 18.3. The summed E-state index contributed by atoms with van der Waals surface area (Å²) in [7, 11) is 1.96. The van der Waals surface area contributed by atoms with E-state index in [0.29, 0.717) is 41.1 Å². The average molecular weight is 608 g/mol. The number of thioether (sulfide) groups is 1. The maximum absolute atomic E-state index is 11.6. The third-order valence-corrected chi connectivity index (χ3v) is 8.52. The number of piperazine rings is 1. The number of nitrogens with two attached hydrogens (primary N) is 1. The lowest BCUT2D eigenvalue weighted by Gasteiger charge is -2.37. The predicted octanol–water partition coefficient (Wildman–Crippen LogP) is 2.22. The number of anilines is 3. The lowest BCUT2D eigenvalue weighted by atomic mass is 10.2. The van der Waals surface area contributed by atoms with Gasteiger partial charge in [-0.05, 0) is 48.2 Å². The summed E-state index contributed by atoms with van der Waals surface area (Å²) in [5, 5.41) is 4.44. The lowest BCUT2D eigenvalue weighted by molar-refractivity contribution is 0.0322. The monoisotopic (exact) mass is 607 g/mol. The van der Waals surface area contributed by atoms with E-state index >= 15 is 0 Å². The van der Waals surface area contributed by atoms with Crippen molar-refractivity contribution in [1.29, 1.82) is 0 Å². The molecule has 2 N–H and O–H groups in total. The Hall–Kier alpha value is -3.85. The normalized spacial score (nSPS) is 16.5. The number of rotatable bonds is 12. The van der Waals surface area contributed by atoms with E-state index in [1.54, 1.807) is 18.4 Å². The molecule has 2 aliphatic heterocycles. The number of benzene rings is 1. The fourth-order valence-corrected chi connectivity index (χ4v) is 5.99. The van der Waals surface area contributed by atoms with Crippen LogP contribution in [0, 0.1) is 0 Å². The molecule has 5 heterocycles. The molecule has 1 aromatic carbocycles. The van der Waals surface area contributed by atoms with Gasteiger partial charge in [0.15, 0.2) is 17.0 Å². The summed E-state index contributed by atoms with van der Waals surface area (Å²) in [6.45, 7) is 10.5. The quantitative estimate of drug-likeness (QED) is 0.187. The Kier molecular flexibility index (Phi) is 9.27. The minimum Gasteiger partial charge on any atom is -0.492 e. The minimum atomic E-state index is 0.194. The van der Waals surface area contributed by atoms with Gasteiger partial charge in [0.1, 0.15) is 23.1 Å². The molecule has 2 saturated heterocycles. The summed E-state index contributed by atoms with van der Waals surface area (Å²) in [6, 6.07) is 12.0. The van der Waals surface area contributed by atoms with Gasteiger partial charge >= 0.3 is 0 Å². The number of morpholine rings is 1. The van der Waals surface area contributed by atoms with Crippen LogP contribution in [0.4, 0.5) is 17.5 Å². The highest BCUT2D eigenvalue weighted by atomic mass is 32.2. The average Bonchev–Trinajstić information content (AvgIpc) is 3.74. The Balaban J connectivity index is 1.01. The van der Waals surface area contributed by atoms with E-state index in [1.807, 2.05) is 11.9 Å². The zero-order chi connectivity index (χ0) is 29.6. The maximum atomic E-state index is 11.6. The van der Waals surface area contributed by atoms with E-state index in [0.717, 1.165) is 88.7 Å². The number of nitrogen functional groups attached to an aromatic ring is 1. The molecule has 4 aromatic rings. The van der Waals surface area contributed by atoms with Crippen molar-refractivity contribution in [2.75, 3.05) is 101 Å². The van der Waals surface area contributed by atoms with Gasteiger partial charge in [0.25, 0.3) is 0 Å². The Labute approximate surface area is 254 Å². The molecular formula is C29H37N9O4S. The van der Waals surface area contributed by atoms with Gasteiger partial charge < -0.3 is 29.4 Å². The summed E-state index contributed by atoms with van der Waals surface area (Å²) in [5.74, 6) is 2.60. The molecule has 14 heteroatoms. The highest BCUT2D eigenvalue weighted by molar-refractivity contribution is 8.12. The molecule has 0 amide bonds. The van der Waals surface area contributed by atoms with Gasteiger partial charge in [0, 0.05) is 71.6 Å². The van der Waals surface area contributed by atoms with E-state index in [1.165, 1.54) is 10.2 Å². The molecule has 0 bridgehead atoms. The smallest absolute Gasteiger partial charge is 0.225 e. The van der Waals surface area contributed by atoms with Crippen molar-refractivity contribution in [2.45, 2.75) is 4.90 Å². The number of hydrogen-bond acceptors (Lipinski definition) is 13. The van der Waals surface area contributed by atoms with Gasteiger partial charge in [-0.15, -0.1) is 5.10 Å². The molecule has 43 heavy (non-hydrogen) atoms. The van der Waals surface area contributed by atoms with Crippen LogP contribution in [-0.4, -0.2) is 121 Å². The van der Waals surface area contributed by atoms with Crippen LogP contribution in [0.5, 0.6) is 5.75 Å². The molecule has 228 valence electrons. The van der Waals surface area contributed by atoms with Crippen LogP contribution in [-0.2, 0) is 9.53 Å². The molecule has 2 aliphatic rings. The minimum absolute atomic E-state index is 0.194. The van der Waals surface area contributed by atoms with Gasteiger partial charge in [-0.25, -0.2) is 4.98 Å². The Morgan fingerprint density at radius 2 is 1.79 bits per heavy atom. The second kappa shape index (κ2) is 13.6. The molecule has 2 fully saturated rings. The van der Waals surface area contributed by atoms with E-state index in [2.05, 4.69) is 54.0 Å². The van der Waals surface area contributed by atoms with Crippen LogP contribution in [0.3, 0.4) is 0 Å². The lowest BCUT2D eigenvalue weighted by Crippen LogP contribution is -2.48. The van der Waals surface area contributed by atoms with Crippen LogP contribution < -0.4 is 20.3 Å². The number of nitrogens with zero attached hydrogens (tertiary/aromatic N) is 8. The summed E-state index contributed by atoms with van der Waals surface area (Å²) in [5.41, 5.74) is 8.72. The van der Waals surface area contributed by atoms with Gasteiger partial charge in [0.05, 0.1) is 19.5 Å². The van der Waals surface area contributed by atoms with Crippen LogP contribution in [0.15, 0.2) is 52.0 Å². The molecule has 0 spiro atoms. The third kappa shape index (κ3) is 6.88. The van der Waals surface area contributed by atoms with Crippen LogP contribution in [0.25, 0.3) is 17.2 Å². The fourth-order valence-electron chi connectivity index (χ4n) is 5.35. The molecule has 0 unspecified atom stereocenters. The topological polar surface area (TPSA) is 131 Å². The van der Waals surface area contributed by atoms with E-state index in [-0.39, 0.29) is 5.95 Å². The highest BCUT2D eigenvalue weighted by Gasteiger charge is 2.23. The van der Waals surface area contributed by atoms with E-state index in [9.17, 15) is 4.79 Å². The molecular weight excluding hydrogens is 570 g/mol. The second-order valence-corrected chi connectivity index (χ2v) is 11.4. The van der Waals surface area contributed by atoms with Crippen molar-refractivity contribution in [3.63, 3.8) is 0 Å². The maximum Gasteiger partial charge on any atom is 0.225 e. The van der Waals surface area contributed by atoms with Crippen molar-refractivity contribution < 1.29 is 18.7 Å². The molecule has 0 aliphatic carbocycles. The second-order valence-electron chi connectivity index (χ2n) is 10.5. The van der Waals surface area contributed by atoms with E-state index < -0.39 is 0 Å². The number of aromatic nitrogens is 4. The zero-order valence-electron chi connectivity index (χ0n) is 24.3. The standard InChI is InChI=1S/C29H37N9O4S/c1-34(27-25(43-21-39)28-31-26(24-3-2-17-42-24)33-38(28)29(30)32-27)8-9-35-10-12-37(13-11-35)22-4-6-23(7-5-22)41-20-16-36-14-18-40-19-15-36/h2-7,17,21H,8-16,18-20H2,1H3,(H2,30,32). The van der Waals surface area contributed by atoms with Gasteiger partial charge in [-0.2, -0.15) is 9.50 Å². The number of furan rings is 1. The number of hydrogen-bond donors (Lipinski definition) is 1. The fraction of sp³-hybridized carbons (Fsp3) is 0.448. The molecule has 3 aromatic heterocycles. The molecule has 0 atom stereocenters. The van der Waals surface area contributed by atoms with Crippen molar-refractivity contribution in [3.8, 4) is 17.3 Å². The summed E-state index contributed by atoms with van der Waals surface area (Å²) >= 11 is 1.02. The predicted molar refractivity (Wildman–Crippen MR) is 167 cm³/mol. The zero-order valence-corrected chi connectivity index (χ0v) is 25.1. The number of carbonyl (C=O) groups is 1.